The van der Waals surface area contributed by atoms with Gasteiger partial charge in [0.05, 0.1) is 5.69 Å². The van der Waals surface area contributed by atoms with E-state index in [-0.39, 0.29) is 11.5 Å². The van der Waals surface area contributed by atoms with E-state index < -0.39 is 12.1 Å². The van der Waals surface area contributed by atoms with Gasteiger partial charge in [0.2, 0.25) is 0 Å². The van der Waals surface area contributed by atoms with E-state index in [9.17, 15) is 15.0 Å². The van der Waals surface area contributed by atoms with Gasteiger partial charge < -0.3 is 30.9 Å². The van der Waals surface area contributed by atoms with Gasteiger partial charge in [-0.3, -0.25) is 4.98 Å². The number of carboxylic acid groups (broad SMARTS) is 1. The lowest BCUT2D eigenvalue weighted by Crippen LogP contribution is -2.45. The molecular weight excluding hydrogens is 502 g/mol. The number of hydrogen-bond donors (Lipinski definition) is 4. The number of nitrogens with one attached hydrogen (secondary N) is 1. The molecular formula is C28H33N5O4S. The third-order valence-corrected chi connectivity index (χ3v) is 8.10. The van der Waals surface area contributed by atoms with E-state index in [1.54, 1.807) is 12.4 Å². The van der Waals surface area contributed by atoms with Gasteiger partial charge in [-0.15, -0.1) is 11.3 Å². The maximum atomic E-state index is 11.6. The molecule has 3 aromatic heterocycles. The van der Waals surface area contributed by atoms with Gasteiger partial charge in [-0.1, -0.05) is 25.5 Å². The van der Waals surface area contributed by atoms with Crippen LogP contribution >= 0.6 is 11.3 Å². The van der Waals surface area contributed by atoms with E-state index in [2.05, 4.69) is 28.2 Å². The molecule has 0 radical (unpaired) electrons. The summed E-state index contributed by atoms with van der Waals surface area (Å²) in [7, 11) is 0. The number of pyridine rings is 2. The predicted molar refractivity (Wildman–Crippen MR) is 151 cm³/mol. The number of carboxylic acids is 1. The summed E-state index contributed by atoms with van der Waals surface area (Å²) in [5.41, 5.74) is 7.57. The number of hydrogen-bond acceptors (Lipinski definition) is 9. The molecule has 1 saturated heterocycles. The Bertz CT molecular complexity index is 1430. The van der Waals surface area contributed by atoms with E-state index in [0.29, 0.717) is 23.1 Å². The van der Waals surface area contributed by atoms with Crippen molar-refractivity contribution < 1.29 is 19.7 Å². The van der Waals surface area contributed by atoms with Gasteiger partial charge in [-0.05, 0) is 43.0 Å². The number of aryl methyl sites for hydroxylation is 1. The Labute approximate surface area is 225 Å². The van der Waals surface area contributed by atoms with Crippen LogP contribution in [0.3, 0.4) is 0 Å². The number of aliphatic hydroxyl groups excluding tert-OH is 1. The second kappa shape index (κ2) is 11.5. The minimum atomic E-state index is -1.01. The van der Waals surface area contributed by atoms with Crippen LogP contribution in [0.25, 0.3) is 21.0 Å². The summed E-state index contributed by atoms with van der Waals surface area (Å²) in [5.74, 6) is 0.604. The highest BCUT2D eigenvalue weighted by Gasteiger charge is 2.24. The number of thiophene rings is 1. The molecule has 0 spiro atoms. The van der Waals surface area contributed by atoms with Crippen molar-refractivity contribution in [2.75, 3.05) is 36.9 Å². The number of nitrogens with zero attached hydrogens (tertiary/aromatic N) is 3. The Morgan fingerprint density at radius 1 is 1.32 bits per heavy atom. The Balaban J connectivity index is 1.16. The van der Waals surface area contributed by atoms with Crippen molar-refractivity contribution in [3.05, 3.63) is 53.2 Å². The third-order valence-electron chi connectivity index (χ3n) is 7.01. The highest BCUT2D eigenvalue weighted by atomic mass is 32.1. The first-order valence-corrected chi connectivity index (χ1v) is 13.8. The molecule has 5 N–H and O–H groups in total. The largest absolute Gasteiger partial charge is 0.490 e. The van der Waals surface area contributed by atoms with Crippen molar-refractivity contribution in [2.24, 2.45) is 0 Å². The summed E-state index contributed by atoms with van der Waals surface area (Å²) in [5, 5.41) is 26.3. The molecule has 38 heavy (non-hydrogen) atoms. The van der Waals surface area contributed by atoms with Gasteiger partial charge in [0.1, 0.15) is 34.0 Å². The molecule has 0 bridgehead atoms. The van der Waals surface area contributed by atoms with Crippen LogP contribution in [0.5, 0.6) is 5.75 Å². The quantitative estimate of drug-likeness (QED) is 0.237. The summed E-state index contributed by atoms with van der Waals surface area (Å²) in [6.45, 7) is 4.41. The van der Waals surface area contributed by atoms with Crippen LogP contribution in [-0.4, -0.2) is 64.5 Å². The van der Waals surface area contributed by atoms with Crippen molar-refractivity contribution in [3.63, 3.8) is 0 Å². The Kier molecular flexibility index (Phi) is 7.92. The Morgan fingerprint density at radius 2 is 2.13 bits per heavy atom. The van der Waals surface area contributed by atoms with Crippen LogP contribution in [0, 0.1) is 0 Å². The number of aliphatic hydroxyl groups is 1. The maximum absolute atomic E-state index is 11.6. The van der Waals surface area contributed by atoms with E-state index in [1.165, 1.54) is 0 Å². The zero-order valence-corrected chi connectivity index (χ0v) is 22.2. The smallest absolute Gasteiger partial charge is 0.348 e. The van der Waals surface area contributed by atoms with Crippen molar-refractivity contribution in [1.29, 1.82) is 0 Å². The highest BCUT2D eigenvalue weighted by molar-refractivity contribution is 7.21. The van der Waals surface area contributed by atoms with Crippen LogP contribution < -0.4 is 20.7 Å². The lowest BCUT2D eigenvalue weighted by atomic mass is 10.0. The molecule has 4 heterocycles. The number of anilines is 2. The molecule has 0 aliphatic carbocycles. The van der Waals surface area contributed by atoms with Crippen LogP contribution in [0.1, 0.15) is 41.4 Å². The normalized spacial score (nSPS) is 15.3. The van der Waals surface area contributed by atoms with Gasteiger partial charge in [-0.25, -0.2) is 9.78 Å². The second-order valence-electron chi connectivity index (χ2n) is 9.71. The van der Waals surface area contributed by atoms with Crippen molar-refractivity contribution in [1.82, 2.24) is 15.3 Å². The maximum Gasteiger partial charge on any atom is 0.348 e. The number of rotatable bonds is 10. The molecule has 0 saturated carbocycles. The number of aromatic carboxylic acids is 1. The van der Waals surface area contributed by atoms with Gasteiger partial charge in [0, 0.05) is 54.2 Å². The molecule has 1 atom stereocenters. The monoisotopic (exact) mass is 535 g/mol. The van der Waals surface area contributed by atoms with Crippen LogP contribution in [0.15, 0.2) is 42.7 Å². The first-order valence-electron chi connectivity index (χ1n) is 13.0. The van der Waals surface area contributed by atoms with Crippen molar-refractivity contribution in [3.8, 4) is 5.75 Å². The van der Waals surface area contributed by atoms with E-state index in [1.807, 2.05) is 24.3 Å². The van der Waals surface area contributed by atoms with Gasteiger partial charge in [-0.2, -0.15) is 0 Å². The number of piperidine rings is 1. The fourth-order valence-electron chi connectivity index (χ4n) is 5.05. The number of nitrogens with two attached hydrogens (primary N) is 1. The second-order valence-corrected chi connectivity index (χ2v) is 10.7. The van der Waals surface area contributed by atoms with Gasteiger partial charge in [0.25, 0.3) is 0 Å². The summed E-state index contributed by atoms with van der Waals surface area (Å²) in [6, 6.07) is 10.1. The SMILES string of the molecule is CCCc1cc(N2CCC(NCC(O)COc3cccc4cnccc34)CC2)nc2sc(C(=O)O)c(N)c12. The van der Waals surface area contributed by atoms with Crippen LogP contribution in [-0.2, 0) is 6.42 Å². The molecule has 5 rings (SSSR count). The number of benzene rings is 1. The molecule has 9 nitrogen and oxygen atoms in total. The first-order chi connectivity index (χ1) is 18.4. The Morgan fingerprint density at radius 3 is 2.89 bits per heavy atom. The Hall–Kier alpha value is -3.47. The number of nitrogen functional groups attached to an aromatic ring is 1. The molecule has 0 amide bonds. The average molecular weight is 536 g/mol. The molecule has 1 unspecified atom stereocenters. The molecule has 1 aliphatic rings. The topological polar surface area (TPSA) is 134 Å². The molecule has 1 aromatic carbocycles. The minimum absolute atomic E-state index is 0.157. The fraction of sp³-hybridized carbons (Fsp3) is 0.393. The number of ether oxygens (including phenoxy) is 1. The fourth-order valence-corrected chi connectivity index (χ4v) is 6.03. The highest BCUT2D eigenvalue weighted by Crippen LogP contribution is 2.37. The van der Waals surface area contributed by atoms with Crippen molar-refractivity contribution >= 4 is 49.8 Å². The lowest BCUT2D eigenvalue weighted by molar-refractivity contribution is 0.0703. The zero-order valence-electron chi connectivity index (χ0n) is 21.4. The molecule has 1 fully saturated rings. The zero-order chi connectivity index (χ0) is 26.6. The first kappa shape index (κ1) is 26.1. The van der Waals surface area contributed by atoms with Crippen LogP contribution in [0.2, 0.25) is 0 Å². The summed E-state index contributed by atoms with van der Waals surface area (Å²) in [4.78, 5) is 23.7. The van der Waals surface area contributed by atoms with Gasteiger partial charge in [0.15, 0.2) is 0 Å². The standard InChI is InChI=1S/C28H33N5O4S/c1-2-4-17-13-23(32-27-24(17)25(29)26(38-27)28(35)36)33-11-8-19(9-12-33)31-15-20(34)16-37-22-6-3-5-18-14-30-10-7-21(18)22/h3,5-7,10,13-14,19-20,31,34H,2,4,8-9,11-12,15-16,29H2,1H3,(H,35,36). The molecule has 4 aromatic rings. The predicted octanol–water partition coefficient (Wildman–Crippen LogP) is 4.08. The molecule has 200 valence electrons. The average Bonchev–Trinajstić information content (AvgIpc) is 3.28. The van der Waals surface area contributed by atoms with E-state index in [0.717, 1.165) is 83.4 Å². The summed E-state index contributed by atoms with van der Waals surface area (Å²) >= 11 is 1.15. The van der Waals surface area contributed by atoms with E-state index >= 15 is 0 Å². The number of fused-ring (bicyclic) bond motifs is 2. The molecule has 10 heteroatoms. The van der Waals surface area contributed by atoms with Crippen LogP contribution in [0.4, 0.5) is 11.5 Å². The third kappa shape index (κ3) is 5.52. The summed E-state index contributed by atoms with van der Waals surface area (Å²) < 4.78 is 5.91. The van der Waals surface area contributed by atoms with Gasteiger partial charge >= 0.3 is 5.97 Å². The summed E-state index contributed by atoms with van der Waals surface area (Å²) in [6.07, 6.45) is 6.50. The minimum Gasteiger partial charge on any atom is -0.490 e. The van der Waals surface area contributed by atoms with Crippen molar-refractivity contribution in [2.45, 2.75) is 44.8 Å². The lowest BCUT2D eigenvalue weighted by Gasteiger charge is -2.34. The number of aromatic nitrogens is 2. The molecule has 1 aliphatic heterocycles. The number of carbonyl (C=O) groups is 1. The van der Waals surface area contributed by atoms with E-state index in [4.69, 9.17) is 15.5 Å².